The molecule has 0 aromatic heterocycles. The van der Waals surface area contributed by atoms with Gasteiger partial charge in [-0.25, -0.2) is 0 Å². The van der Waals surface area contributed by atoms with E-state index in [4.69, 9.17) is 5.11 Å². The Kier molecular flexibility index (Phi) is 3.23. The van der Waals surface area contributed by atoms with Crippen molar-refractivity contribution in [2.75, 3.05) is 0 Å². The van der Waals surface area contributed by atoms with Gasteiger partial charge in [0.15, 0.2) is 5.78 Å². The molecule has 0 aromatic carbocycles. The van der Waals surface area contributed by atoms with Crippen molar-refractivity contribution in [3.8, 4) is 0 Å². The van der Waals surface area contributed by atoms with Crippen molar-refractivity contribution in [2.45, 2.75) is 25.7 Å². The maximum Gasteiger partial charge on any atom is 0.307 e. The molecule has 0 amide bonds. The topological polar surface area (TPSA) is 54.4 Å². The summed E-state index contributed by atoms with van der Waals surface area (Å²) in [5, 5.41) is 8.87. The summed E-state index contributed by atoms with van der Waals surface area (Å²) in [6.45, 7) is 3.39. The molecule has 72 valence electrons. The summed E-state index contributed by atoms with van der Waals surface area (Å²) in [6.07, 6.45) is 4.43. The first-order chi connectivity index (χ1) is 6.16. The first kappa shape index (κ1) is 9.96. The molecule has 1 saturated carbocycles. The Morgan fingerprint density at radius 3 is 2.23 bits per heavy atom. The zero-order chi connectivity index (χ0) is 9.84. The van der Waals surface area contributed by atoms with E-state index < -0.39 is 11.9 Å². The molecule has 1 aliphatic carbocycles. The number of carbonyl (C=O) groups excluding carboxylic acids is 1. The van der Waals surface area contributed by atoms with Gasteiger partial charge in [0.05, 0.1) is 5.92 Å². The third-order valence-electron chi connectivity index (χ3n) is 2.65. The molecule has 0 aliphatic heterocycles. The lowest BCUT2D eigenvalue weighted by Gasteiger charge is -2.26. The molecule has 0 saturated heterocycles. The maximum atomic E-state index is 11.3. The molecule has 0 heterocycles. The fourth-order valence-electron chi connectivity index (χ4n) is 1.92. The zero-order valence-electron chi connectivity index (χ0n) is 7.53. The second kappa shape index (κ2) is 4.21. The summed E-state index contributed by atoms with van der Waals surface area (Å²) in [5.74, 6) is -1.78. The van der Waals surface area contributed by atoms with E-state index in [0.29, 0.717) is 12.8 Å². The predicted molar refractivity (Wildman–Crippen MR) is 48.3 cm³/mol. The molecular formula is C10H14O3. The molecule has 0 unspecified atom stereocenters. The van der Waals surface area contributed by atoms with Crippen molar-refractivity contribution in [3.05, 3.63) is 12.7 Å². The van der Waals surface area contributed by atoms with Crippen molar-refractivity contribution in [1.82, 2.24) is 0 Å². The third-order valence-corrected chi connectivity index (χ3v) is 2.65. The number of hydrogen-bond donors (Lipinski definition) is 1. The molecule has 13 heavy (non-hydrogen) atoms. The summed E-state index contributed by atoms with van der Waals surface area (Å²) in [7, 11) is 0. The van der Waals surface area contributed by atoms with Gasteiger partial charge in [-0.1, -0.05) is 19.4 Å². The smallest absolute Gasteiger partial charge is 0.307 e. The predicted octanol–water partition coefficient (Wildman–Crippen LogP) is 1.63. The molecule has 1 N–H and O–H groups in total. The van der Waals surface area contributed by atoms with Crippen LogP contribution >= 0.6 is 0 Å². The molecule has 0 spiro atoms. The molecule has 0 aromatic rings. The highest BCUT2D eigenvalue weighted by molar-refractivity contribution is 5.94. The Balaban J connectivity index is 2.72. The Bertz CT molecular complexity index is 232. The lowest BCUT2D eigenvalue weighted by atomic mass is 9.77. The molecule has 1 aliphatic rings. The van der Waals surface area contributed by atoms with E-state index in [2.05, 4.69) is 6.58 Å². The van der Waals surface area contributed by atoms with Gasteiger partial charge in [0.1, 0.15) is 0 Å². The largest absolute Gasteiger partial charge is 0.481 e. The third kappa shape index (κ3) is 2.17. The SMILES string of the molecule is C=CC(=O)[C@H]1CCCC[C@H]1C(=O)O. The van der Waals surface area contributed by atoms with Gasteiger partial charge < -0.3 is 5.11 Å². The fraction of sp³-hybridized carbons (Fsp3) is 0.600. The number of hydrogen-bond acceptors (Lipinski definition) is 2. The van der Waals surface area contributed by atoms with E-state index in [9.17, 15) is 9.59 Å². The van der Waals surface area contributed by atoms with Crippen LogP contribution in [0.1, 0.15) is 25.7 Å². The summed E-state index contributed by atoms with van der Waals surface area (Å²) < 4.78 is 0. The van der Waals surface area contributed by atoms with Gasteiger partial charge in [0, 0.05) is 5.92 Å². The molecular weight excluding hydrogens is 168 g/mol. The van der Waals surface area contributed by atoms with E-state index in [1.54, 1.807) is 0 Å². The number of aliphatic carboxylic acids is 1. The number of carboxylic acids is 1. The summed E-state index contributed by atoms with van der Waals surface area (Å²) >= 11 is 0. The van der Waals surface area contributed by atoms with Gasteiger partial charge in [0.2, 0.25) is 0 Å². The average molecular weight is 182 g/mol. The van der Waals surface area contributed by atoms with E-state index in [-0.39, 0.29) is 11.7 Å². The average Bonchev–Trinajstić information content (AvgIpc) is 2.16. The first-order valence-corrected chi connectivity index (χ1v) is 4.56. The number of ketones is 1. The van der Waals surface area contributed by atoms with Crippen molar-refractivity contribution >= 4 is 11.8 Å². The van der Waals surface area contributed by atoms with E-state index in [1.807, 2.05) is 0 Å². The van der Waals surface area contributed by atoms with Gasteiger partial charge >= 0.3 is 5.97 Å². The summed E-state index contributed by atoms with van der Waals surface area (Å²) in [6, 6.07) is 0. The molecule has 3 nitrogen and oxygen atoms in total. The van der Waals surface area contributed by atoms with Crippen LogP contribution in [0.4, 0.5) is 0 Å². The molecule has 2 atom stereocenters. The van der Waals surface area contributed by atoms with Crippen molar-refractivity contribution in [1.29, 1.82) is 0 Å². The maximum absolute atomic E-state index is 11.3. The van der Waals surface area contributed by atoms with Crippen molar-refractivity contribution in [3.63, 3.8) is 0 Å². The summed E-state index contributed by atoms with van der Waals surface area (Å²) in [4.78, 5) is 22.1. The van der Waals surface area contributed by atoms with Crippen molar-refractivity contribution < 1.29 is 14.7 Å². The van der Waals surface area contributed by atoms with E-state index in [1.165, 1.54) is 6.08 Å². The van der Waals surface area contributed by atoms with Gasteiger partial charge in [-0.15, -0.1) is 0 Å². The molecule has 0 radical (unpaired) electrons. The Morgan fingerprint density at radius 2 is 1.77 bits per heavy atom. The van der Waals surface area contributed by atoms with Gasteiger partial charge in [-0.05, 0) is 18.9 Å². The highest BCUT2D eigenvalue weighted by Gasteiger charge is 2.34. The Labute approximate surface area is 77.4 Å². The van der Waals surface area contributed by atoms with E-state index in [0.717, 1.165) is 12.8 Å². The number of allylic oxidation sites excluding steroid dienone is 1. The lowest BCUT2D eigenvalue weighted by molar-refractivity contribution is -0.147. The van der Waals surface area contributed by atoms with Crippen LogP contribution in [0.3, 0.4) is 0 Å². The highest BCUT2D eigenvalue weighted by Crippen LogP contribution is 2.30. The normalized spacial score (nSPS) is 28.0. The van der Waals surface area contributed by atoms with Gasteiger partial charge in [-0.2, -0.15) is 0 Å². The van der Waals surface area contributed by atoms with Crippen LogP contribution in [0.15, 0.2) is 12.7 Å². The second-order valence-electron chi connectivity index (χ2n) is 3.44. The van der Waals surface area contributed by atoms with Crippen LogP contribution in [0.5, 0.6) is 0 Å². The Hall–Kier alpha value is -1.12. The van der Waals surface area contributed by atoms with Crippen LogP contribution in [-0.2, 0) is 9.59 Å². The van der Waals surface area contributed by atoms with Gasteiger partial charge in [-0.3, -0.25) is 9.59 Å². The fourth-order valence-corrected chi connectivity index (χ4v) is 1.92. The standard InChI is InChI=1S/C10H14O3/c1-2-9(11)7-5-3-4-6-8(7)10(12)13/h2,7-8H,1,3-6H2,(H,12,13)/t7-,8+/m0/s1. The monoisotopic (exact) mass is 182 g/mol. The lowest BCUT2D eigenvalue weighted by Crippen LogP contribution is -2.31. The van der Waals surface area contributed by atoms with Crippen LogP contribution < -0.4 is 0 Å². The van der Waals surface area contributed by atoms with Crippen LogP contribution in [0, 0.1) is 11.8 Å². The summed E-state index contributed by atoms with van der Waals surface area (Å²) in [5.41, 5.74) is 0. The number of carboxylic acid groups (broad SMARTS) is 1. The molecule has 3 heteroatoms. The van der Waals surface area contributed by atoms with Gasteiger partial charge in [0.25, 0.3) is 0 Å². The van der Waals surface area contributed by atoms with Crippen LogP contribution in [0.25, 0.3) is 0 Å². The van der Waals surface area contributed by atoms with E-state index >= 15 is 0 Å². The minimum Gasteiger partial charge on any atom is -0.481 e. The molecule has 1 fully saturated rings. The van der Waals surface area contributed by atoms with Crippen LogP contribution in [-0.4, -0.2) is 16.9 Å². The second-order valence-corrected chi connectivity index (χ2v) is 3.44. The number of rotatable bonds is 3. The van der Waals surface area contributed by atoms with Crippen molar-refractivity contribution in [2.24, 2.45) is 11.8 Å². The minimum atomic E-state index is -0.847. The highest BCUT2D eigenvalue weighted by atomic mass is 16.4. The Morgan fingerprint density at radius 1 is 1.23 bits per heavy atom. The quantitative estimate of drug-likeness (QED) is 0.675. The zero-order valence-corrected chi connectivity index (χ0v) is 7.53. The minimum absolute atomic E-state index is 0.118. The van der Waals surface area contributed by atoms with Crippen LogP contribution in [0.2, 0.25) is 0 Å². The number of carbonyl (C=O) groups is 2. The molecule has 0 bridgehead atoms. The first-order valence-electron chi connectivity index (χ1n) is 4.56. The molecule has 1 rings (SSSR count).